The lowest BCUT2D eigenvalue weighted by Gasteiger charge is -2.47. The van der Waals surface area contributed by atoms with Gasteiger partial charge in [0.15, 0.2) is 5.96 Å². The van der Waals surface area contributed by atoms with Gasteiger partial charge in [-0.1, -0.05) is 20.8 Å². The van der Waals surface area contributed by atoms with E-state index in [2.05, 4.69) is 30.7 Å². The van der Waals surface area contributed by atoms with Crippen molar-refractivity contribution in [3.63, 3.8) is 0 Å². The van der Waals surface area contributed by atoms with Crippen LogP contribution >= 0.6 is 0 Å². The second-order valence-corrected chi connectivity index (χ2v) is 8.28. The largest absolute Gasteiger partial charge is 0.376 e. The molecule has 3 aliphatic rings. The van der Waals surface area contributed by atoms with Gasteiger partial charge in [0.25, 0.3) is 0 Å². The fourth-order valence-electron chi connectivity index (χ4n) is 4.37. The lowest BCUT2D eigenvalue weighted by Crippen LogP contribution is -2.56. The molecule has 3 rings (SSSR count). The molecule has 1 spiro atoms. The van der Waals surface area contributed by atoms with E-state index in [0.717, 1.165) is 31.6 Å². The minimum absolute atomic E-state index is 0.192. The topological polar surface area (TPSA) is 50.8 Å². The minimum Gasteiger partial charge on any atom is -0.376 e. The summed E-state index contributed by atoms with van der Waals surface area (Å²) < 4.78 is 5.82. The van der Waals surface area contributed by atoms with Crippen LogP contribution in [-0.2, 0) is 4.74 Å². The first-order valence-corrected chi connectivity index (χ1v) is 8.60. The zero-order valence-corrected chi connectivity index (χ0v) is 13.9. The predicted octanol–water partition coefficient (Wildman–Crippen LogP) is 2.77. The summed E-state index contributed by atoms with van der Waals surface area (Å²) in [5.74, 6) is 1.58. The molecular formula is C17H31N3O. The van der Waals surface area contributed by atoms with Crippen molar-refractivity contribution in [2.75, 3.05) is 19.7 Å². The summed E-state index contributed by atoms with van der Waals surface area (Å²) in [6.07, 6.45) is 7.77. The van der Waals surface area contributed by atoms with Crippen LogP contribution in [0.25, 0.3) is 0 Å². The van der Waals surface area contributed by atoms with E-state index in [4.69, 9.17) is 10.5 Å². The molecule has 0 radical (unpaired) electrons. The smallest absolute Gasteiger partial charge is 0.191 e. The monoisotopic (exact) mass is 293 g/mol. The maximum absolute atomic E-state index is 6.20. The Labute approximate surface area is 129 Å². The Morgan fingerprint density at radius 1 is 1.29 bits per heavy atom. The highest BCUT2D eigenvalue weighted by molar-refractivity contribution is 5.81. The van der Waals surface area contributed by atoms with Gasteiger partial charge in [0, 0.05) is 13.2 Å². The lowest BCUT2D eigenvalue weighted by molar-refractivity contribution is 0.0331. The Balaban J connectivity index is 1.66. The van der Waals surface area contributed by atoms with E-state index in [1.54, 1.807) is 0 Å². The van der Waals surface area contributed by atoms with Crippen molar-refractivity contribution >= 4 is 5.96 Å². The molecule has 1 atom stereocenters. The first-order valence-electron chi connectivity index (χ1n) is 8.60. The van der Waals surface area contributed by atoms with E-state index >= 15 is 0 Å². The van der Waals surface area contributed by atoms with Crippen LogP contribution in [0.1, 0.15) is 59.3 Å². The maximum Gasteiger partial charge on any atom is 0.191 e. The van der Waals surface area contributed by atoms with Gasteiger partial charge in [-0.2, -0.15) is 0 Å². The molecule has 0 aromatic rings. The highest BCUT2D eigenvalue weighted by Crippen LogP contribution is 2.45. The predicted molar refractivity (Wildman–Crippen MR) is 86.3 cm³/mol. The average molecular weight is 293 g/mol. The van der Waals surface area contributed by atoms with Crippen molar-refractivity contribution in [2.24, 2.45) is 22.1 Å². The number of nitrogens with zero attached hydrogens (tertiary/aromatic N) is 2. The first kappa shape index (κ1) is 15.1. The molecule has 0 amide bonds. The number of rotatable bonds is 2. The van der Waals surface area contributed by atoms with E-state index in [-0.39, 0.29) is 5.54 Å². The SMILES string of the molecule is CC(C)(C)C1CCC2(CC1)CN=C(N)N2CC1CCCO1. The molecule has 21 heavy (non-hydrogen) atoms. The second-order valence-electron chi connectivity index (χ2n) is 8.28. The average Bonchev–Trinajstić information content (AvgIpc) is 3.03. The third kappa shape index (κ3) is 2.92. The number of aliphatic imine (C=N–C) groups is 1. The van der Waals surface area contributed by atoms with Crippen LogP contribution in [-0.4, -0.2) is 42.2 Å². The zero-order chi connectivity index (χ0) is 15.1. The summed E-state index contributed by atoms with van der Waals surface area (Å²) in [6.45, 7) is 9.87. The van der Waals surface area contributed by atoms with Crippen molar-refractivity contribution < 1.29 is 4.74 Å². The van der Waals surface area contributed by atoms with E-state index < -0.39 is 0 Å². The zero-order valence-electron chi connectivity index (χ0n) is 13.9. The molecular weight excluding hydrogens is 262 g/mol. The molecule has 0 bridgehead atoms. The van der Waals surface area contributed by atoms with E-state index in [0.29, 0.717) is 11.5 Å². The molecule has 1 saturated carbocycles. The van der Waals surface area contributed by atoms with Gasteiger partial charge in [-0.05, 0) is 49.9 Å². The molecule has 2 heterocycles. The Morgan fingerprint density at radius 3 is 2.57 bits per heavy atom. The van der Waals surface area contributed by atoms with Crippen molar-refractivity contribution in [2.45, 2.75) is 70.9 Å². The first-order chi connectivity index (χ1) is 9.91. The summed E-state index contributed by atoms with van der Waals surface area (Å²) in [5.41, 5.74) is 6.82. The lowest BCUT2D eigenvalue weighted by atomic mass is 9.67. The maximum atomic E-state index is 6.20. The van der Waals surface area contributed by atoms with Crippen molar-refractivity contribution in [3.8, 4) is 0 Å². The Bertz CT molecular complexity index is 399. The van der Waals surface area contributed by atoms with Gasteiger partial charge >= 0.3 is 0 Å². The number of hydrogen-bond acceptors (Lipinski definition) is 4. The summed E-state index contributed by atoms with van der Waals surface area (Å²) in [6, 6.07) is 0. The van der Waals surface area contributed by atoms with Gasteiger partial charge in [0.05, 0.1) is 18.2 Å². The summed E-state index contributed by atoms with van der Waals surface area (Å²) >= 11 is 0. The van der Waals surface area contributed by atoms with E-state index in [9.17, 15) is 0 Å². The van der Waals surface area contributed by atoms with Crippen molar-refractivity contribution in [1.29, 1.82) is 0 Å². The molecule has 2 fully saturated rings. The summed E-state index contributed by atoms with van der Waals surface area (Å²) in [7, 11) is 0. The van der Waals surface area contributed by atoms with Gasteiger partial charge in [0.2, 0.25) is 0 Å². The molecule has 120 valence electrons. The van der Waals surface area contributed by atoms with Crippen LogP contribution in [0.4, 0.5) is 0 Å². The van der Waals surface area contributed by atoms with Crippen molar-refractivity contribution in [1.82, 2.24) is 4.90 Å². The number of guanidine groups is 1. The molecule has 0 aromatic carbocycles. The third-order valence-electron chi connectivity index (χ3n) is 5.94. The van der Waals surface area contributed by atoms with Crippen molar-refractivity contribution in [3.05, 3.63) is 0 Å². The second kappa shape index (κ2) is 5.45. The fraction of sp³-hybridized carbons (Fsp3) is 0.941. The van der Waals surface area contributed by atoms with E-state index in [1.807, 2.05) is 0 Å². The van der Waals surface area contributed by atoms with Gasteiger partial charge in [0.1, 0.15) is 0 Å². The Kier molecular flexibility index (Phi) is 3.93. The number of nitrogens with two attached hydrogens (primary N) is 1. The molecule has 1 aliphatic carbocycles. The molecule has 2 aliphatic heterocycles. The number of ether oxygens (including phenoxy) is 1. The van der Waals surface area contributed by atoms with Crippen LogP contribution in [0.2, 0.25) is 0 Å². The standard InChI is InChI=1S/C17H31N3O/c1-16(2,3)13-6-8-17(9-7-13)12-19-15(18)20(17)11-14-5-4-10-21-14/h13-14H,4-12H2,1-3H3,(H2,18,19). The van der Waals surface area contributed by atoms with Crippen LogP contribution in [0.3, 0.4) is 0 Å². The van der Waals surface area contributed by atoms with Gasteiger partial charge < -0.3 is 15.4 Å². The number of hydrogen-bond donors (Lipinski definition) is 1. The normalized spacial score (nSPS) is 37.3. The molecule has 0 aromatic heterocycles. The van der Waals surface area contributed by atoms with Crippen LogP contribution in [0.15, 0.2) is 4.99 Å². The highest BCUT2D eigenvalue weighted by atomic mass is 16.5. The molecule has 2 N–H and O–H groups in total. The van der Waals surface area contributed by atoms with Gasteiger partial charge in [-0.15, -0.1) is 0 Å². The molecule has 1 saturated heterocycles. The summed E-state index contributed by atoms with van der Waals surface area (Å²) in [4.78, 5) is 6.98. The quantitative estimate of drug-likeness (QED) is 0.851. The van der Waals surface area contributed by atoms with E-state index in [1.165, 1.54) is 38.5 Å². The molecule has 1 unspecified atom stereocenters. The van der Waals surface area contributed by atoms with Gasteiger partial charge in [-0.25, -0.2) is 0 Å². The molecule has 4 heteroatoms. The minimum atomic E-state index is 0.192. The Morgan fingerprint density at radius 2 is 2.00 bits per heavy atom. The van der Waals surface area contributed by atoms with Crippen LogP contribution in [0.5, 0.6) is 0 Å². The van der Waals surface area contributed by atoms with Crippen LogP contribution in [0, 0.1) is 11.3 Å². The third-order valence-corrected chi connectivity index (χ3v) is 5.94. The summed E-state index contributed by atoms with van der Waals surface area (Å²) in [5, 5.41) is 0. The molecule has 4 nitrogen and oxygen atoms in total. The highest BCUT2D eigenvalue weighted by Gasteiger charge is 2.46. The van der Waals surface area contributed by atoms with Gasteiger partial charge in [-0.3, -0.25) is 4.99 Å². The fourth-order valence-corrected chi connectivity index (χ4v) is 4.37. The Hall–Kier alpha value is -0.770. The van der Waals surface area contributed by atoms with Crippen LogP contribution < -0.4 is 5.73 Å².